The van der Waals surface area contributed by atoms with Crippen molar-refractivity contribution in [3.63, 3.8) is 0 Å². The molecule has 0 aromatic heterocycles. The summed E-state index contributed by atoms with van der Waals surface area (Å²) in [7, 11) is 0. The first-order chi connectivity index (χ1) is 6.42. The number of hydrogen-bond acceptors (Lipinski definition) is 1. The quantitative estimate of drug-likeness (QED) is 0.678. The van der Waals surface area contributed by atoms with E-state index in [0.717, 1.165) is 6.42 Å². The zero-order valence-corrected chi connectivity index (χ0v) is 9.99. The van der Waals surface area contributed by atoms with E-state index >= 15 is 0 Å². The van der Waals surface area contributed by atoms with Gasteiger partial charge in [0.2, 0.25) is 0 Å². The van der Waals surface area contributed by atoms with Gasteiger partial charge in [0.05, 0.1) is 6.04 Å². The highest BCUT2D eigenvalue weighted by molar-refractivity contribution is 14.2. The molecule has 0 bridgehead atoms. The second-order valence-corrected chi connectivity index (χ2v) is 5.12. The molecule has 2 heteroatoms. The van der Waals surface area contributed by atoms with Gasteiger partial charge < -0.3 is 0 Å². The van der Waals surface area contributed by atoms with Crippen LogP contribution in [0.1, 0.15) is 26.2 Å². The minimum absolute atomic E-state index is 0.00428. The van der Waals surface area contributed by atoms with Crippen molar-refractivity contribution in [1.29, 1.82) is 0 Å². The Hall–Kier alpha value is -0.250. The molecule has 2 rings (SSSR count). The lowest BCUT2D eigenvalue weighted by Gasteiger charge is -2.22. The molecular formula is C11H14IN. The molecule has 0 fully saturated rings. The second kappa shape index (κ2) is 4.31. The van der Waals surface area contributed by atoms with Crippen LogP contribution in [0.4, 0.5) is 0 Å². The van der Waals surface area contributed by atoms with Crippen LogP contribution >= 0.6 is 21.0 Å². The number of allylic oxidation sites excluding steroid dienone is 2. The van der Waals surface area contributed by atoms with Crippen molar-refractivity contribution < 1.29 is 0 Å². The smallest absolute Gasteiger partial charge is 0.0844 e. The first-order valence-electron chi connectivity index (χ1n) is 4.81. The SMILES string of the molecule is CCCC1=CI=NC2CC=CC=C12. The van der Waals surface area contributed by atoms with Gasteiger partial charge in [0.25, 0.3) is 0 Å². The van der Waals surface area contributed by atoms with Crippen LogP contribution in [0.25, 0.3) is 0 Å². The summed E-state index contributed by atoms with van der Waals surface area (Å²) in [6.45, 7) is 2.25. The maximum Gasteiger partial charge on any atom is 0.0844 e. The van der Waals surface area contributed by atoms with Crippen molar-refractivity contribution in [3.8, 4) is 0 Å². The molecule has 0 saturated carbocycles. The summed E-state index contributed by atoms with van der Waals surface area (Å²) in [5.74, 6) is 0. The van der Waals surface area contributed by atoms with Crippen molar-refractivity contribution in [2.45, 2.75) is 32.2 Å². The molecule has 0 N–H and O–H groups in total. The molecule has 1 aliphatic carbocycles. The Labute approximate surface area is 89.8 Å². The number of fused-ring (bicyclic) bond motifs is 1. The molecule has 1 nitrogen and oxygen atoms in total. The molecule has 0 aromatic rings. The summed E-state index contributed by atoms with van der Waals surface area (Å²) >= 11 is 0.00428. The summed E-state index contributed by atoms with van der Waals surface area (Å²) in [5.41, 5.74) is 3.08. The van der Waals surface area contributed by atoms with Crippen molar-refractivity contribution in [2.75, 3.05) is 0 Å². The maximum atomic E-state index is 4.70. The van der Waals surface area contributed by atoms with Crippen LogP contribution in [-0.4, -0.2) is 6.04 Å². The van der Waals surface area contributed by atoms with Gasteiger partial charge in [-0.05, 0) is 28.1 Å². The maximum absolute atomic E-state index is 4.70. The van der Waals surface area contributed by atoms with Crippen LogP contribution in [0, 0.1) is 0 Å². The first-order valence-corrected chi connectivity index (χ1v) is 7.02. The molecule has 1 aliphatic heterocycles. The zero-order chi connectivity index (χ0) is 9.10. The molecule has 0 saturated heterocycles. The molecule has 1 heterocycles. The van der Waals surface area contributed by atoms with Crippen LogP contribution < -0.4 is 0 Å². The minimum Gasteiger partial charge on any atom is -0.250 e. The highest BCUT2D eigenvalue weighted by Crippen LogP contribution is 2.34. The topological polar surface area (TPSA) is 12.4 Å². The van der Waals surface area contributed by atoms with E-state index in [1.807, 2.05) is 0 Å². The lowest BCUT2D eigenvalue weighted by molar-refractivity contribution is 0.776. The fraction of sp³-hybridized carbons (Fsp3) is 0.455. The van der Waals surface area contributed by atoms with Crippen LogP contribution in [0.5, 0.6) is 0 Å². The van der Waals surface area contributed by atoms with Crippen molar-refractivity contribution >= 4 is 21.0 Å². The van der Waals surface area contributed by atoms with Crippen LogP contribution in [0.2, 0.25) is 0 Å². The zero-order valence-electron chi connectivity index (χ0n) is 7.83. The Balaban J connectivity index is 2.25. The molecule has 1 atom stereocenters. The van der Waals surface area contributed by atoms with Gasteiger partial charge in [-0.15, -0.1) is 0 Å². The normalized spacial score (nSPS) is 25.8. The summed E-state index contributed by atoms with van der Waals surface area (Å²) in [6, 6.07) is 0.518. The molecule has 0 spiro atoms. The average molecular weight is 287 g/mol. The Morgan fingerprint density at radius 3 is 3.38 bits per heavy atom. The molecule has 70 valence electrons. The third-order valence-electron chi connectivity index (χ3n) is 2.37. The Morgan fingerprint density at radius 1 is 1.62 bits per heavy atom. The molecule has 13 heavy (non-hydrogen) atoms. The summed E-state index contributed by atoms with van der Waals surface area (Å²) < 4.78 is 7.09. The van der Waals surface area contributed by atoms with Gasteiger partial charge >= 0.3 is 0 Å². The third kappa shape index (κ3) is 1.98. The van der Waals surface area contributed by atoms with E-state index in [-0.39, 0.29) is 21.0 Å². The second-order valence-electron chi connectivity index (χ2n) is 3.38. The fourth-order valence-corrected chi connectivity index (χ4v) is 3.80. The van der Waals surface area contributed by atoms with Gasteiger partial charge in [-0.3, -0.25) is 3.15 Å². The predicted octanol–water partition coefficient (Wildman–Crippen LogP) is 4.09. The lowest BCUT2D eigenvalue weighted by Crippen LogP contribution is -2.12. The summed E-state index contributed by atoms with van der Waals surface area (Å²) in [6.07, 6.45) is 10.3. The van der Waals surface area contributed by atoms with Crippen molar-refractivity contribution in [2.24, 2.45) is 3.15 Å². The highest BCUT2D eigenvalue weighted by Gasteiger charge is 2.19. The Bertz CT molecular complexity index is 310. The molecule has 0 aromatic carbocycles. The van der Waals surface area contributed by atoms with E-state index in [4.69, 9.17) is 3.15 Å². The van der Waals surface area contributed by atoms with Gasteiger partial charge in [0, 0.05) is 21.0 Å². The number of rotatable bonds is 2. The summed E-state index contributed by atoms with van der Waals surface area (Å²) in [4.78, 5) is 0. The van der Waals surface area contributed by atoms with E-state index in [2.05, 4.69) is 29.2 Å². The van der Waals surface area contributed by atoms with Crippen molar-refractivity contribution in [3.05, 3.63) is 33.5 Å². The fourth-order valence-electron chi connectivity index (χ4n) is 1.72. The van der Waals surface area contributed by atoms with Gasteiger partial charge in [-0.25, -0.2) is 0 Å². The van der Waals surface area contributed by atoms with E-state index in [9.17, 15) is 0 Å². The average Bonchev–Trinajstić information content (AvgIpc) is 2.19. The predicted molar refractivity (Wildman–Crippen MR) is 65.1 cm³/mol. The number of halogens is 1. The molecule has 2 aliphatic rings. The summed E-state index contributed by atoms with van der Waals surface area (Å²) in [5, 5.41) is 0. The van der Waals surface area contributed by atoms with E-state index < -0.39 is 0 Å². The minimum atomic E-state index is 0.00428. The Kier molecular flexibility index (Phi) is 3.09. The lowest BCUT2D eigenvalue weighted by atomic mass is 9.92. The van der Waals surface area contributed by atoms with Gasteiger partial charge in [-0.2, -0.15) is 0 Å². The van der Waals surface area contributed by atoms with Crippen molar-refractivity contribution in [1.82, 2.24) is 0 Å². The van der Waals surface area contributed by atoms with Gasteiger partial charge in [-0.1, -0.05) is 31.6 Å². The van der Waals surface area contributed by atoms with Gasteiger partial charge in [0.1, 0.15) is 0 Å². The molecule has 1 unspecified atom stereocenters. The van der Waals surface area contributed by atoms with E-state index in [1.54, 1.807) is 5.57 Å². The molecule has 0 amide bonds. The monoisotopic (exact) mass is 287 g/mol. The highest BCUT2D eigenvalue weighted by atomic mass is 127. The van der Waals surface area contributed by atoms with Crippen LogP contribution in [0.15, 0.2) is 36.6 Å². The van der Waals surface area contributed by atoms with Crippen LogP contribution in [0.3, 0.4) is 0 Å². The third-order valence-corrected chi connectivity index (χ3v) is 4.40. The Morgan fingerprint density at radius 2 is 2.54 bits per heavy atom. The standard InChI is InChI=1S/C11H14IN/c1-2-5-9-8-12-13-11-7-4-3-6-10(9)11/h3-4,6,8,11H,2,5,7H2,1H3. The molecule has 0 radical (unpaired) electrons. The van der Waals surface area contributed by atoms with Gasteiger partial charge in [0.15, 0.2) is 0 Å². The first kappa shape index (κ1) is 9.31. The van der Waals surface area contributed by atoms with E-state index in [1.165, 1.54) is 18.4 Å². The molecular weight excluding hydrogens is 273 g/mol. The van der Waals surface area contributed by atoms with Crippen LogP contribution in [-0.2, 0) is 0 Å². The van der Waals surface area contributed by atoms with E-state index in [0.29, 0.717) is 6.04 Å². The number of nitrogens with zero attached hydrogens (tertiary/aromatic N) is 1. The largest absolute Gasteiger partial charge is 0.250 e. The number of hydrogen-bond donors (Lipinski definition) is 0.